The number of nitrogens with zero attached hydrogens (tertiary/aromatic N) is 1. The van der Waals surface area contributed by atoms with Crippen molar-refractivity contribution in [3.8, 4) is 57.1 Å². The van der Waals surface area contributed by atoms with E-state index in [4.69, 9.17) is 71.0 Å². The second-order valence-electron chi connectivity index (χ2n) is 30.3. The Hall–Kier alpha value is -10.1. The van der Waals surface area contributed by atoms with Crippen molar-refractivity contribution in [2.24, 2.45) is 11.7 Å². The summed E-state index contributed by atoms with van der Waals surface area (Å²) in [7, 11) is 0.572. The summed E-state index contributed by atoms with van der Waals surface area (Å²) in [6, 6.07) is 11.9. The molecule has 6 aromatic rings. The first-order valence-electron chi connectivity index (χ1n) is 35.2. The Morgan fingerprint density at radius 3 is 1.62 bits per heavy atom. The molecule has 9 N–H and O–H groups in total. The zero-order valence-corrected chi connectivity index (χ0v) is 67.1. The molecule has 0 aromatic heterocycles. The molecule has 0 radical (unpaired) electrons. The van der Waals surface area contributed by atoms with Gasteiger partial charge in [0, 0.05) is 22.8 Å². The number of carbonyl (C=O) groups is 10. The van der Waals surface area contributed by atoms with Crippen LogP contribution in [0, 0.1) is 5.92 Å². The van der Waals surface area contributed by atoms with Crippen molar-refractivity contribution in [2.75, 3.05) is 35.5 Å². The minimum atomic E-state index is -3.25. The van der Waals surface area contributed by atoms with Crippen LogP contribution in [0.15, 0.2) is 103 Å². The molecule has 9 atom stereocenters. The maximum atomic E-state index is 16.4. The topological polar surface area (TPSA) is 367 Å². The fourth-order valence-corrected chi connectivity index (χ4v) is 15.5. The second-order valence-corrected chi connectivity index (χ2v) is 40.7. The van der Waals surface area contributed by atoms with E-state index >= 15 is 28.8 Å². The van der Waals surface area contributed by atoms with Gasteiger partial charge in [-0.15, -0.1) is 0 Å². The summed E-state index contributed by atoms with van der Waals surface area (Å²) in [4.78, 5) is 158. The second kappa shape index (κ2) is 32.2. The molecule has 6 heterocycles. The van der Waals surface area contributed by atoms with E-state index in [1.807, 2.05) is 81.6 Å². The Bertz CT molecular complexity index is 4610. The zero-order chi connectivity index (χ0) is 79.8. The van der Waals surface area contributed by atoms with Crippen molar-refractivity contribution in [1.82, 2.24) is 42.3 Å². The van der Waals surface area contributed by atoms with Gasteiger partial charge in [-0.3, -0.25) is 43.2 Å². The Morgan fingerprint density at radius 2 is 1.11 bits per heavy atom. The minimum absolute atomic E-state index is 0.0134. The lowest BCUT2D eigenvalue weighted by Crippen LogP contribution is -2.60. The van der Waals surface area contributed by atoms with E-state index in [1.165, 1.54) is 126 Å². The standard InChI is InChI=1S/C77H91Cl2N9O19Si2/c1-37(2)28-49(81-9)67(90)86-62-64(106-108(14,15)76(3,4)5)39-23-26-52(47(78)30-39)103-55-32-41-33-56(66(55)102-13)104-53-27-24-40(31-48(53)79)65(107-109(16,17)77(6,7)8)63-72(95)85-61(75(98)105-88-73(96)43-20-18-19-21-44(43)74(88)97)46-34-42(99-10)35-54(101-12)58(46)45-29-38(22-25-51(45)100-11)59(69(92)87-63)84-70(93)60(41)83-68(91)50(36-57(80)89)82-71(62)94/h18-27,29-35,37,49-50,59-65,81H,28,36H2,1-17H3,(H2,80,89)(H,82,94)(H,83,91)(H,84,93)(H,85,95)(H,86,90)(H,87,92)/t49-,50-,59+,60+,61+,62+,63-,64?,65?/m0/s1. The summed E-state index contributed by atoms with van der Waals surface area (Å²) in [6.45, 7) is 23.2. The average molecular weight is 1570 g/mol. The predicted molar refractivity (Wildman–Crippen MR) is 407 cm³/mol. The van der Waals surface area contributed by atoms with Crippen LogP contribution in [0.1, 0.15) is 147 Å². The number of ether oxygens (including phenoxy) is 6. The van der Waals surface area contributed by atoms with Crippen LogP contribution >= 0.6 is 23.2 Å². The first-order valence-corrected chi connectivity index (χ1v) is 41.7. The van der Waals surface area contributed by atoms with Crippen molar-refractivity contribution in [3.05, 3.63) is 152 Å². The summed E-state index contributed by atoms with van der Waals surface area (Å²) in [5.41, 5.74) is 5.83. The molecule has 2 unspecified atom stereocenters. The highest BCUT2D eigenvalue weighted by atomic mass is 35.5. The molecule has 6 aliphatic heterocycles. The van der Waals surface area contributed by atoms with Crippen molar-refractivity contribution < 1.29 is 90.1 Å². The van der Waals surface area contributed by atoms with Gasteiger partial charge in [0.1, 0.15) is 59.0 Å². The number of imide groups is 1. The fraction of sp³-hybridized carbons (Fsp3) is 0.403. The van der Waals surface area contributed by atoms with Crippen LogP contribution in [-0.4, -0.2) is 140 Å². The Morgan fingerprint density at radius 1 is 0.578 bits per heavy atom. The van der Waals surface area contributed by atoms with Gasteiger partial charge in [-0.25, -0.2) is 4.79 Å². The number of carbonyl (C=O) groups excluding carboxylic acids is 10. The molecule has 0 saturated carbocycles. The number of rotatable bonds is 17. The van der Waals surface area contributed by atoms with Crippen molar-refractivity contribution in [2.45, 2.75) is 159 Å². The highest BCUT2D eigenvalue weighted by Gasteiger charge is 2.50. The van der Waals surface area contributed by atoms with Gasteiger partial charge in [0.2, 0.25) is 47.1 Å². The molecule has 11 bridgehead atoms. The van der Waals surface area contributed by atoms with Crippen LogP contribution in [0.4, 0.5) is 0 Å². The molecule has 0 fully saturated rings. The number of nitrogens with one attached hydrogen (secondary N) is 7. The van der Waals surface area contributed by atoms with E-state index in [9.17, 15) is 19.2 Å². The maximum Gasteiger partial charge on any atom is 0.359 e. The van der Waals surface area contributed by atoms with Crippen molar-refractivity contribution >= 4 is 99.0 Å². The number of nitrogens with two attached hydrogens (primary N) is 1. The summed E-state index contributed by atoms with van der Waals surface area (Å²) >= 11 is 14.7. The third-order valence-electron chi connectivity index (χ3n) is 20.5. The van der Waals surface area contributed by atoms with Crippen LogP contribution in [-0.2, 0) is 52.0 Å². The van der Waals surface area contributed by atoms with Crippen LogP contribution in [0.5, 0.6) is 46.0 Å². The Balaban J connectivity index is 1.24. The molecular weight excluding hydrogens is 1480 g/mol. The Kier molecular flexibility index (Phi) is 24.1. The summed E-state index contributed by atoms with van der Waals surface area (Å²) < 4.78 is 51.9. The molecule has 12 rings (SSSR count). The lowest BCUT2D eigenvalue weighted by atomic mass is 9.89. The number of hydrogen-bond donors (Lipinski definition) is 8. The molecule has 580 valence electrons. The van der Waals surface area contributed by atoms with E-state index in [1.54, 1.807) is 13.1 Å². The van der Waals surface area contributed by atoms with E-state index in [0.29, 0.717) is 6.42 Å². The number of benzene rings is 6. The first kappa shape index (κ1) is 81.4. The van der Waals surface area contributed by atoms with Crippen LogP contribution in [0.25, 0.3) is 11.1 Å². The molecule has 6 aliphatic rings. The monoisotopic (exact) mass is 1570 g/mol. The number of amides is 9. The van der Waals surface area contributed by atoms with Gasteiger partial charge >= 0.3 is 5.97 Å². The fourth-order valence-electron chi connectivity index (χ4n) is 12.6. The minimum Gasteiger partial charge on any atom is -0.497 e. The first-order chi connectivity index (χ1) is 51.2. The van der Waals surface area contributed by atoms with Crippen molar-refractivity contribution in [1.29, 1.82) is 0 Å². The number of fused-ring (bicyclic) bond motifs is 16. The smallest absolute Gasteiger partial charge is 0.359 e. The highest BCUT2D eigenvalue weighted by Crippen LogP contribution is 2.51. The molecule has 0 saturated heterocycles. The molecule has 6 aromatic carbocycles. The van der Waals surface area contributed by atoms with Gasteiger partial charge in [-0.2, -0.15) is 0 Å². The normalized spacial score (nSPS) is 20.7. The Labute approximate surface area is 643 Å². The van der Waals surface area contributed by atoms with Crippen LogP contribution in [0.3, 0.4) is 0 Å². The third kappa shape index (κ3) is 17.0. The highest BCUT2D eigenvalue weighted by molar-refractivity contribution is 6.74. The van der Waals surface area contributed by atoms with Gasteiger partial charge in [0.25, 0.3) is 11.8 Å². The predicted octanol–water partition coefficient (Wildman–Crippen LogP) is 10.3. The molecule has 28 nitrogen and oxygen atoms in total. The van der Waals surface area contributed by atoms with Gasteiger partial charge in [0.05, 0.1) is 74.3 Å². The molecule has 0 aliphatic carbocycles. The third-order valence-corrected chi connectivity index (χ3v) is 30.0. The summed E-state index contributed by atoms with van der Waals surface area (Å²) in [6.07, 6.45) is -3.56. The van der Waals surface area contributed by atoms with E-state index in [0.717, 1.165) is 0 Å². The maximum absolute atomic E-state index is 16.4. The zero-order valence-electron chi connectivity index (χ0n) is 63.5. The molecular formula is C77H91Cl2N9O19Si2. The number of halogens is 2. The van der Waals surface area contributed by atoms with E-state index < -0.39 is 147 Å². The average Bonchev–Trinajstić information content (AvgIpc) is 1.57. The molecule has 0 spiro atoms. The number of methoxy groups -OCH3 is 4. The molecule has 32 heteroatoms. The van der Waals surface area contributed by atoms with E-state index in [2.05, 4.69) is 37.2 Å². The van der Waals surface area contributed by atoms with Gasteiger partial charge < -0.3 is 85.1 Å². The summed E-state index contributed by atoms with van der Waals surface area (Å²) in [5, 5.41) is 18.7. The summed E-state index contributed by atoms with van der Waals surface area (Å²) in [5.74, 6) is -11.5. The van der Waals surface area contributed by atoms with E-state index in [-0.39, 0.29) is 117 Å². The number of primary amides is 1. The molecule has 9 amide bonds. The molecule has 109 heavy (non-hydrogen) atoms. The lowest BCUT2D eigenvalue weighted by Gasteiger charge is -2.42. The van der Waals surface area contributed by atoms with Crippen LogP contribution < -0.4 is 71.4 Å². The quantitative estimate of drug-likeness (QED) is 0.0311. The van der Waals surface area contributed by atoms with Gasteiger partial charge in [-0.1, -0.05) is 114 Å². The van der Waals surface area contributed by atoms with Crippen molar-refractivity contribution in [3.63, 3.8) is 0 Å². The number of hydrogen-bond acceptors (Lipinski definition) is 20. The van der Waals surface area contributed by atoms with Gasteiger partial charge in [-0.05, 0) is 145 Å². The number of likely N-dealkylation sites (N-methyl/N-ethyl adjacent to an activating group) is 1. The SMILES string of the molecule is CN[C@@H](CC(C)C)C(=O)N[C@H]1C(=O)N[C@@H](CC(N)=O)C(=O)N[C@H]2C(=O)N[C@H]3C(=O)N[C@H](C(=O)N[C@@H](C(=O)ON4C(=O)c5ccccc5C4=O)c4cc(OC)cc(OC)c4-c4cc3ccc4OC)C(O[Si](C)(C)C(C)(C)C)c3ccc(c(Cl)c3)Oc3cc2cc(c3OC)Oc2ccc(cc2Cl)C1O[Si](C)(C)C(C)(C)C. The van der Waals surface area contributed by atoms with Crippen LogP contribution in [0.2, 0.25) is 46.3 Å². The lowest BCUT2D eigenvalue weighted by molar-refractivity contribution is -0.172. The van der Waals surface area contributed by atoms with Gasteiger partial charge in [0.15, 0.2) is 34.2 Å². The largest absolute Gasteiger partial charge is 0.497 e. The number of hydroxylamine groups is 2.